The maximum Gasteiger partial charge on any atom is 0.0920 e. The minimum Gasteiger partial charge on any atom is -0.366 e. The van der Waals surface area contributed by atoms with Gasteiger partial charge in [0.2, 0.25) is 0 Å². The summed E-state index contributed by atoms with van der Waals surface area (Å²) in [5, 5.41) is 0. The molecule has 132 valence electrons. The Morgan fingerprint density at radius 1 is 0.957 bits per heavy atom. The zero-order chi connectivity index (χ0) is 17.1. The highest BCUT2D eigenvalue weighted by molar-refractivity contribution is 9.09. The molecule has 0 aromatic rings. The van der Waals surface area contributed by atoms with Crippen LogP contribution in [0.2, 0.25) is 0 Å². The molecular formula is C20H33BrO2. The number of fused-ring (bicyclic) bond motifs is 2. The summed E-state index contributed by atoms with van der Waals surface area (Å²) in [6.45, 7) is 15.7. The molecule has 0 bridgehead atoms. The van der Waals surface area contributed by atoms with Gasteiger partial charge in [-0.1, -0.05) is 35.9 Å². The van der Waals surface area contributed by atoms with E-state index in [1.807, 2.05) is 6.08 Å². The number of hydrogen-bond acceptors (Lipinski definition) is 2. The highest BCUT2D eigenvalue weighted by Gasteiger charge is 2.58. The van der Waals surface area contributed by atoms with Crippen LogP contribution in [-0.4, -0.2) is 27.7 Å². The lowest BCUT2D eigenvalue weighted by atomic mass is 9.59. The summed E-state index contributed by atoms with van der Waals surface area (Å²) in [6, 6.07) is 0. The van der Waals surface area contributed by atoms with Crippen LogP contribution in [0.4, 0.5) is 0 Å². The first-order valence-electron chi connectivity index (χ1n) is 9.20. The van der Waals surface area contributed by atoms with Crippen LogP contribution in [0.3, 0.4) is 0 Å². The van der Waals surface area contributed by atoms with E-state index in [0.717, 1.165) is 25.7 Å². The van der Waals surface area contributed by atoms with Crippen LogP contribution in [0, 0.1) is 11.3 Å². The van der Waals surface area contributed by atoms with Crippen molar-refractivity contribution in [3.05, 3.63) is 12.7 Å². The second kappa shape index (κ2) is 5.57. The van der Waals surface area contributed by atoms with Crippen molar-refractivity contribution in [1.29, 1.82) is 0 Å². The molecule has 3 aliphatic rings. The maximum absolute atomic E-state index is 6.84. The van der Waals surface area contributed by atoms with Crippen molar-refractivity contribution in [2.45, 2.75) is 101 Å². The number of ether oxygens (including phenoxy) is 2. The number of hydrogen-bond donors (Lipinski definition) is 0. The Hall–Kier alpha value is 0.140. The summed E-state index contributed by atoms with van der Waals surface area (Å²) in [5.41, 5.74) is -0.0358. The molecule has 0 radical (unpaired) electrons. The second-order valence-electron chi connectivity index (χ2n) is 9.31. The topological polar surface area (TPSA) is 21.8 Å². The monoisotopic (exact) mass is 384 g/mol. The highest BCUT2D eigenvalue weighted by atomic mass is 79.9. The smallest absolute Gasteiger partial charge is 0.0920 e. The van der Waals surface area contributed by atoms with Gasteiger partial charge < -0.3 is 9.47 Å². The Balaban J connectivity index is 1.95. The van der Waals surface area contributed by atoms with E-state index in [1.54, 1.807) is 0 Å². The molecule has 0 aromatic heterocycles. The van der Waals surface area contributed by atoms with Gasteiger partial charge >= 0.3 is 0 Å². The number of alkyl halides is 1. The van der Waals surface area contributed by atoms with E-state index in [2.05, 4.69) is 57.1 Å². The lowest BCUT2D eigenvalue weighted by Gasteiger charge is -2.55. The SMILES string of the molecule is C=CC1(C)CCC2OC2(C)CCC2C(C)(CCC(Br)C2(C)C)O1. The van der Waals surface area contributed by atoms with Gasteiger partial charge in [0, 0.05) is 4.83 Å². The molecule has 3 heteroatoms. The van der Waals surface area contributed by atoms with Crippen molar-refractivity contribution in [2.24, 2.45) is 11.3 Å². The Bertz CT molecular complexity index is 490. The van der Waals surface area contributed by atoms with Gasteiger partial charge in [-0.05, 0) is 70.6 Å². The van der Waals surface area contributed by atoms with Crippen molar-refractivity contribution in [2.75, 3.05) is 0 Å². The Labute approximate surface area is 150 Å². The van der Waals surface area contributed by atoms with E-state index in [9.17, 15) is 0 Å². The predicted molar refractivity (Wildman–Crippen MR) is 99.1 cm³/mol. The Kier molecular flexibility index (Phi) is 4.35. The summed E-state index contributed by atoms with van der Waals surface area (Å²) in [6.07, 6.45) is 9.10. The number of halogens is 1. The van der Waals surface area contributed by atoms with E-state index in [4.69, 9.17) is 9.47 Å². The molecule has 2 saturated heterocycles. The lowest BCUT2D eigenvalue weighted by Crippen LogP contribution is -2.56. The predicted octanol–water partition coefficient (Wildman–Crippen LogP) is 5.64. The molecule has 23 heavy (non-hydrogen) atoms. The van der Waals surface area contributed by atoms with Gasteiger partial charge in [0.15, 0.2) is 0 Å². The first kappa shape index (κ1) is 17.9. The van der Waals surface area contributed by atoms with Crippen LogP contribution in [0.15, 0.2) is 12.7 Å². The van der Waals surface area contributed by atoms with Crippen molar-refractivity contribution in [1.82, 2.24) is 0 Å². The van der Waals surface area contributed by atoms with Crippen molar-refractivity contribution >= 4 is 15.9 Å². The Morgan fingerprint density at radius 3 is 2.26 bits per heavy atom. The zero-order valence-electron chi connectivity index (χ0n) is 15.5. The highest BCUT2D eigenvalue weighted by Crippen LogP contribution is 2.56. The van der Waals surface area contributed by atoms with Gasteiger partial charge in [-0.25, -0.2) is 0 Å². The molecular weight excluding hydrogens is 352 g/mol. The van der Waals surface area contributed by atoms with Crippen LogP contribution in [-0.2, 0) is 9.47 Å². The van der Waals surface area contributed by atoms with Crippen LogP contribution in [0.1, 0.15) is 73.1 Å². The van der Waals surface area contributed by atoms with Crippen molar-refractivity contribution < 1.29 is 9.47 Å². The Morgan fingerprint density at radius 2 is 1.61 bits per heavy atom. The molecule has 6 unspecified atom stereocenters. The van der Waals surface area contributed by atoms with E-state index in [-0.39, 0.29) is 22.2 Å². The molecule has 0 N–H and O–H groups in total. The minimum atomic E-state index is -0.258. The lowest BCUT2D eigenvalue weighted by molar-refractivity contribution is -0.190. The van der Waals surface area contributed by atoms with Gasteiger partial charge in [0.1, 0.15) is 0 Å². The minimum absolute atomic E-state index is 0.0885. The van der Waals surface area contributed by atoms with Crippen LogP contribution in [0.25, 0.3) is 0 Å². The summed E-state index contributed by atoms with van der Waals surface area (Å²) in [5.74, 6) is 0.521. The average Bonchev–Trinajstić information content (AvgIpc) is 3.12. The summed E-state index contributed by atoms with van der Waals surface area (Å²) in [4.78, 5) is 0.554. The molecule has 2 heterocycles. The van der Waals surface area contributed by atoms with E-state index in [1.165, 1.54) is 12.8 Å². The maximum atomic E-state index is 6.84. The fourth-order valence-electron chi connectivity index (χ4n) is 5.22. The van der Waals surface area contributed by atoms with E-state index in [0.29, 0.717) is 16.8 Å². The largest absolute Gasteiger partial charge is 0.366 e. The molecule has 3 fully saturated rings. The molecule has 2 aliphatic heterocycles. The normalized spacial score (nSPS) is 52.9. The standard InChI is InChI=1S/C20H33BrO2/c1-7-18(4)11-10-16-20(6,22-16)12-8-14-17(2,3)15(21)9-13-19(14,5)23-18/h7,14-16H,1,8-13H2,2-6H3. The van der Waals surface area contributed by atoms with Gasteiger partial charge in [-0.15, -0.1) is 6.58 Å². The first-order valence-corrected chi connectivity index (χ1v) is 10.1. The molecule has 6 atom stereocenters. The van der Waals surface area contributed by atoms with E-state index >= 15 is 0 Å². The van der Waals surface area contributed by atoms with Gasteiger partial charge in [-0.3, -0.25) is 0 Å². The third-order valence-electron chi connectivity index (χ3n) is 7.10. The number of rotatable bonds is 1. The summed E-state index contributed by atoms with van der Waals surface area (Å²) >= 11 is 3.95. The third kappa shape index (κ3) is 3.06. The van der Waals surface area contributed by atoms with Crippen molar-refractivity contribution in [3.8, 4) is 0 Å². The molecule has 0 spiro atoms. The van der Waals surface area contributed by atoms with Crippen molar-refractivity contribution in [3.63, 3.8) is 0 Å². The zero-order valence-corrected chi connectivity index (χ0v) is 17.0. The average molecular weight is 385 g/mol. The quantitative estimate of drug-likeness (QED) is 0.331. The molecule has 3 rings (SSSR count). The van der Waals surface area contributed by atoms with Gasteiger partial charge in [0.25, 0.3) is 0 Å². The molecule has 1 aliphatic carbocycles. The summed E-state index contributed by atoms with van der Waals surface area (Å²) in [7, 11) is 0. The molecule has 0 amide bonds. The fraction of sp³-hybridized carbons (Fsp3) is 0.900. The van der Waals surface area contributed by atoms with Gasteiger partial charge in [0.05, 0.1) is 22.9 Å². The fourth-order valence-corrected chi connectivity index (χ4v) is 5.76. The number of epoxide rings is 1. The van der Waals surface area contributed by atoms with Crippen LogP contribution in [0.5, 0.6) is 0 Å². The third-order valence-corrected chi connectivity index (χ3v) is 8.74. The van der Waals surface area contributed by atoms with Crippen LogP contribution >= 0.6 is 15.9 Å². The molecule has 1 saturated carbocycles. The molecule has 0 aromatic carbocycles. The summed E-state index contributed by atoms with van der Waals surface area (Å²) < 4.78 is 12.9. The second-order valence-corrected chi connectivity index (χ2v) is 10.4. The first-order chi connectivity index (χ1) is 10.5. The molecule has 2 nitrogen and oxygen atoms in total. The van der Waals surface area contributed by atoms with Crippen LogP contribution < -0.4 is 0 Å². The van der Waals surface area contributed by atoms with E-state index < -0.39 is 0 Å². The van der Waals surface area contributed by atoms with Gasteiger partial charge in [-0.2, -0.15) is 0 Å².